The molecule has 0 spiro atoms. The minimum absolute atomic E-state index is 0.0360. The highest BCUT2D eigenvalue weighted by molar-refractivity contribution is 14.1. The molecule has 2 aromatic heterocycles. The molecule has 4 heterocycles. The number of hydrogen-bond acceptors (Lipinski definition) is 4. The molecule has 9 heteroatoms. The normalized spacial score (nSPS) is 14.6. The quantitative estimate of drug-likeness (QED) is 0.278. The summed E-state index contributed by atoms with van der Waals surface area (Å²) in [5, 5.41) is 7.65. The highest BCUT2D eigenvalue weighted by Crippen LogP contribution is 2.28. The first-order valence-electron chi connectivity index (χ1n) is 10.5. The van der Waals surface area contributed by atoms with E-state index < -0.39 is 0 Å². The molecule has 0 aliphatic carbocycles. The van der Waals surface area contributed by atoms with Gasteiger partial charge < -0.3 is 24.5 Å². The molecule has 2 N–H and O–H groups in total. The van der Waals surface area contributed by atoms with Gasteiger partial charge in [0, 0.05) is 52.9 Å². The molecule has 0 atom stereocenters. The molecule has 0 fully saturated rings. The molecule has 0 bridgehead atoms. The van der Waals surface area contributed by atoms with Crippen molar-refractivity contribution in [1.29, 1.82) is 0 Å². The van der Waals surface area contributed by atoms with Crippen molar-refractivity contribution in [3.8, 4) is 0 Å². The van der Waals surface area contributed by atoms with Gasteiger partial charge in [0.1, 0.15) is 0 Å². The molecule has 33 heavy (non-hydrogen) atoms. The summed E-state index contributed by atoms with van der Waals surface area (Å²) in [4.78, 5) is 35.4. The summed E-state index contributed by atoms with van der Waals surface area (Å²) in [7, 11) is 1.36. The fraction of sp³-hybridized carbons (Fsp3) is 0.208. The molecule has 2 aliphatic heterocycles. The summed E-state index contributed by atoms with van der Waals surface area (Å²) in [5.41, 5.74) is 3.75. The Morgan fingerprint density at radius 1 is 0.879 bits per heavy atom. The molecule has 2 aromatic carbocycles. The van der Waals surface area contributed by atoms with Gasteiger partial charge >= 0.3 is 5.97 Å². The van der Waals surface area contributed by atoms with Gasteiger partial charge in [0.25, 0.3) is 11.8 Å². The number of halogens is 1. The Hall–Kier alpha value is -3.34. The maximum Gasteiger partial charge on any atom is 0.340 e. The van der Waals surface area contributed by atoms with E-state index in [1.165, 1.54) is 16.1 Å². The van der Waals surface area contributed by atoms with E-state index in [1.807, 2.05) is 22.8 Å². The van der Waals surface area contributed by atoms with Gasteiger partial charge in [0.15, 0.2) is 0 Å². The molecule has 0 saturated carbocycles. The second kappa shape index (κ2) is 8.54. The number of hydrogen-bond donors (Lipinski definition) is 2. The van der Waals surface area contributed by atoms with Crippen molar-refractivity contribution in [3.63, 3.8) is 0 Å². The van der Waals surface area contributed by atoms with E-state index >= 15 is 0 Å². The Kier molecular flexibility index (Phi) is 5.57. The minimum atomic E-state index is -0.378. The lowest BCUT2D eigenvalue weighted by molar-refractivity contribution is 0.0602. The minimum Gasteiger partial charge on any atom is -0.465 e. The Balaban J connectivity index is 0.000000140. The van der Waals surface area contributed by atoms with Crippen molar-refractivity contribution in [1.82, 2.24) is 19.8 Å². The van der Waals surface area contributed by atoms with Crippen LogP contribution in [0.4, 0.5) is 0 Å². The number of esters is 1. The van der Waals surface area contributed by atoms with Crippen LogP contribution < -0.4 is 10.6 Å². The fourth-order valence-electron chi connectivity index (χ4n) is 4.44. The number of ether oxygens (including phenoxy) is 1. The third-order valence-corrected chi connectivity index (χ3v) is 6.78. The van der Waals surface area contributed by atoms with Crippen LogP contribution in [-0.2, 0) is 17.8 Å². The number of aromatic nitrogens is 2. The number of carbonyl (C=O) groups is 3. The number of benzene rings is 2. The lowest BCUT2D eigenvalue weighted by atomic mass is 10.1. The van der Waals surface area contributed by atoms with E-state index in [0.29, 0.717) is 30.8 Å². The predicted molar refractivity (Wildman–Crippen MR) is 133 cm³/mol. The number of amides is 2. The first-order chi connectivity index (χ1) is 16.0. The lowest BCUT2D eigenvalue weighted by Crippen LogP contribution is -2.24. The highest BCUT2D eigenvalue weighted by atomic mass is 127. The van der Waals surface area contributed by atoms with Gasteiger partial charge in [-0.1, -0.05) is 24.3 Å². The zero-order valence-electron chi connectivity index (χ0n) is 17.9. The van der Waals surface area contributed by atoms with Crippen LogP contribution in [0, 0.1) is 3.57 Å². The van der Waals surface area contributed by atoms with Crippen molar-refractivity contribution in [2.24, 2.45) is 0 Å². The van der Waals surface area contributed by atoms with Crippen LogP contribution in [0.3, 0.4) is 0 Å². The van der Waals surface area contributed by atoms with E-state index in [-0.39, 0.29) is 17.8 Å². The smallest absolute Gasteiger partial charge is 0.340 e. The van der Waals surface area contributed by atoms with Crippen molar-refractivity contribution < 1.29 is 19.1 Å². The molecular weight excluding hydrogens is 535 g/mol. The summed E-state index contributed by atoms with van der Waals surface area (Å²) < 4.78 is 10.1. The third-order valence-electron chi connectivity index (χ3n) is 5.92. The van der Waals surface area contributed by atoms with Crippen LogP contribution in [0.1, 0.15) is 31.1 Å². The first-order valence-corrected chi connectivity index (χ1v) is 11.6. The maximum atomic E-state index is 11.9. The Labute approximate surface area is 203 Å². The van der Waals surface area contributed by atoms with Gasteiger partial charge in [0.2, 0.25) is 0 Å². The molecule has 2 amide bonds. The maximum absolute atomic E-state index is 11.9. The summed E-state index contributed by atoms with van der Waals surface area (Å²) in [6.45, 7) is 2.75. The van der Waals surface area contributed by atoms with Crippen molar-refractivity contribution in [2.45, 2.75) is 13.1 Å². The summed E-state index contributed by atoms with van der Waals surface area (Å²) >= 11 is 2.31. The Bertz CT molecular complexity index is 1440. The predicted octanol–water partition coefficient (Wildman–Crippen LogP) is 3.16. The second-order valence-corrected chi connectivity index (χ2v) is 8.98. The molecule has 8 nitrogen and oxygen atoms in total. The molecule has 2 aliphatic rings. The number of rotatable bonds is 1. The van der Waals surface area contributed by atoms with Gasteiger partial charge in [-0.05, 0) is 34.7 Å². The molecule has 0 unspecified atom stereocenters. The van der Waals surface area contributed by atoms with Crippen LogP contribution in [-0.4, -0.2) is 47.1 Å². The van der Waals surface area contributed by atoms with Crippen LogP contribution in [0.25, 0.3) is 21.8 Å². The van der Waals surface area contributed by atoms with Crippen molar-refractivity contribution >= 4 is 62.2 Å². The molecule has 6 rings (SSSR count). The van der Waals surface area contributed by atoms with E-state index in [4.69, 9.17) is 4.74 Å². The number of nitrogens with zero attached hydrogens (tertiary/aromatic N) is 2. The highest BCUT2D eigenvalue weighted by Gasteiger charge is 2.22. The van der Waals surface area contributed by atoms with Crippen molar-refractivity contribution in [3.05, 3.63) is 69.1 Å². The number of methoxy groups -OCH3 is 1. The Morgan fingerprint density at radius 3 is 2.03 bits per heavy atom. The Morgan fingerprint density at radius 2 is 1.42 bits per heavy atom. The van der Waals surface area contributed by atoms with E-state index in [2.05, 4.69) is 50.1 Å². The van der Waals surface area contributed by atoms with Crippen LogP contribution >= 0.6 is 22.6 Å². The second-order valence-electron chi connectivity index (χ2n) is 7.81. The summed E-state index contributed by atoms with van der Waals surface area (Å²) in [6, 6.07) is 11.3. The average molecular weight is 556 g/mol. The number of carbonyl (C=O) groups excluding carboxylic acids is 3. The monoisotopic (exact) mass is 556 g/mol. The molecular formula is C24H21IN4O4. The lowest BCUT2D eigenvalue weighted by Gasteiger charge is -2.01. The van der Waals surface area contributed by atoms with Crippen LogP contribution in [0.5, 0.6) is 0 Å². The number of para-hydroxylation sites is 2. The molecule has 4 aromatic rings. The van der Waals surface area contributed by atoms with E-state index in [0.717, 1.165) is 28.5 Å². The molecule has 168 valence electrons. The van der Waals surface area contributed by atoms with Gasteiger partial charge in [-0.3, -0.25) is 9.59 Å². The zero-order chi connectivity index (χ0) is 23.1. The van der Waals surface area contributed by atoms with E-state index in [1.54, 1.807) is 18.3 Å². The standard InChI is InChI=1S/C13H12N2O3.C11H9IN2O/c1-18-13(17)10-7-15-6-5-14-12(16)9-4-2-3-8(10)11(9)15;12-9-6-14-5-4-13-11(15)8-3-1-2-7(9)10(8)14/h2-4,7H,5-6H2,1H3,(H,14,16);1-3,6H,4-5H2,(H,13,15). The summed E-state index contributed by atoms with van der Waals surface area (Å²) in [6.07, 6.45) is 3.86. The van der Waals surface area contributed by atoms with Gasteiger partial charge in [0.05, 0.1) is 34.8 Å². The summed E-state index contributed by atoms with van der Waals surface area (Å²) in [5.74, 6) is -0.445. The third kappa shape index (κ3) is 3.65. The van der Waals surface area contributed by atoms with Gasteiger partial charge in [-0.25, -0.2) is 4.79 Å². The average Bonchev–Trinajstić information content (AvgIpc) is 3.24. The van der Waals surface area contributed by atoms with Crippen LogP contribution in [0.2, 0.25) is 0 Å². The first kappa shape index (κ1) is 21.5. The SMILES string of the molecule is COC(=O)c1cn2c3c(cccc13)C(=O)NCC2.O=C1NCCn2cc(I)c3cccc1c32. The van der Waals surface area contributed by atoms with Crippen molar-refractivity contribution in [2.75, 3.05) is 20.2 Å². The molecule has 0 radical (unpaired) electrons. The largest absolute Gasteiger partial charge is 0.465 e. The van der Waals surface area contributed by atoms with Gasteiger partial charge in [-0.15, -0.1) is 0 Å². The van der Waals surface area contributed by atoms with E-state index in [9.17, 15) is 14.4 Å². The topological polar surface area (TPSA) is 94.4 Å². The van der Waals surface area contributed by atoms with Gasteiger partial charge in [-0.2, -0.15) is 0 Å². The fourth-order valence-corrected chi connectivity index (χ4v) is 5.21. The molecule has 0 saturated heterocycles. The van der Waals surface area contributed by atoms with Crippen LogP contribution in [0.15, 0.2) is 48.8 Å². The number of nitrogens with one attached hydrogen (secondary N) is 2. The zero-order valence-corrected chi connectivity index (χ0v) is 20.0.